The van der Waals surface area contributed by atoms with E-state index in [1.807, 2.05) is 30.3 Å². The Bertz CT molecular complexity index is 1420. The zero-order chi connectivity index (χ0) is 28.5. The highest BCUT2D eigenvalue weighted by Gasteiger charge is 2.60. The van der Waals surface area contributed by atoms with Gasteiger partial charge in [0.2, 0.25) is 5.91 Å². The zero-order valence-electron chi connectivity index (χ0n) is 23.4. The molecule has 0 saturated heterocycles. The molecule has 2 N–H and O–H groups in total. The van der Waals surface area contributed by atoms with Crippen LogP contribution in [0.4, 0.5) is 5.69 Å². The van der Waals surface area contributed by atoms with Crippen molar-refractivity contribution in [1.82, 2.24) is 5.32 Å². The molecule has 2 unspecified atom stereocenters. The molecule has 2 atom stereocenters. The number of nitrogens with one attached hydrogen (secondary N) is 2. The third kappa shape index (κ3) is 5.58. The first-order chi connectivity index (χ1) is 19.9. The number of esters is 1. The third-order valence-electron chi connectivity index (χ3n) is 9.24. The van der Waals surface area contributed by atoms with E-state index in [0.29, 0.717) is 35.4 Å². The van der Waals surface area contributed by atoms with Crippen molar-refractivity contribution in [3.8, 4) is 5.75 Å². The Kier molecular flexibility index (Phi) is 7.28. The van der Waals surface area contributed by atoms with E-state index in [1.165, 1.54) is 19.1 Å². The summed E-state index contributed by atoms with van der Waals surface area (Å²) >= 11 is 0. The van der Waals surface area contributed by atoms with E-state index in [-0.39, 0.29) is 29.3 Å². The van der Waals surface area contributed by atoms with Gasteiger partial charge in [0, 0.05) is 12.2 Å². The molecule has 4 bridgehead atoms. The van der Waals surface area contributed by atoms with Gasteiger partial charge in [-0.25, -0.2) is 4.79 Å². The lowest BCUT2D eigenvalue weighted by atomic mass is 9.42. The van der Waals surface area contributed by atoms with Crippen LogP contribution in [0.1, 0.15) is 60.0 Å². The highest BCUT2D eigenvalue weighted by Crippen LogP contribution is 2.65. The maximum absolute atomic E-state index is 13.7. The molecule has 7 nitrogen and oxygen atoms in total. The highest BCUT2D eigenvalue weighted by atomic mass is 16.5. The van der Waals surface area contributed by atoms with E-state index >= 15 is 0 Å². The van der Waals surface area contributed by atoms with Crippen LogP contribution in [0.2, 0.25) is 0 Å². The Labute approximate surface area is 240 Å². The Hall–Kier alpha value is -4.13. The summed E-state index contributed by atoms with van der Waals surface area (Å²) in [5.41, 5.74) is 2.97. The van der Waals surface area contributed by atoms with Gasteiger partial charge in [-0.1, -0.05) is 48.5 Å². The van der Waals surface area contributed by atoms with Crippen molar-refractivity contribution < 1.29 is 23.9 Å². The smallest absolute Gasteiger partial charge is 0.337 e. The van der Waals surface area contributed by atoms with Crippen LogP contribution in [0.25, 0.3) is 0 Å². The van der Waals surface area contributed by atoms with Crippen molar-refractivity contribution in [2.75, 3.05) is 19.0 Å². The van der Waals surface area contributed by atoms with Crippen LogP contribution in [0, 0.1) is 17.3 Å². The number of methoxy groups -OCH3 is 1. The third-order valence-corrected chi connectivity index (χ3v) is 9.24. The van der Waals surface area contributed by atoms with Crippen LogP contribution in [0.3, 0.4) is 0 Å². The number of amides is 2. The number of rotatable bonds is 9. The molecule has 7 rings (SSSR count). The fourth-order valence-electron chi connectivity index (χ4n) is 7.92. The van der Waals surface area contributed by atoms with Crippen LogP contribution >= 0.6 is 0 Å². The SMILES string of the molecule is COC(=O)c1cccc(NC(=O)COc2ccc(C34CC5CC(CC(C(=O)NCc6ccccc6)(C5)C3)C4)cc2)c1. The van der Waals surface area contributed by atoms with E-state index in [9.17, 15) is 14.4 Å². The first kappa shape index (κ1) is 27.1. The van der Waals surface area contributed by atoms with Crippen LogP contribution < -0.4 is 15.4 Å². The molecule has 0 aromatic heterocycles. The minimum atomic E-state index is -0.463. The molecule has 4 aliphatic carbocycles. The lowest BCUT2D eigenvalue weighted by Gasteiger charge is -2.61. The molecule has 7 heteroatoms. The van der Waals surface area contributed by atoms with E-state index in [2.05, 4.69) is 34.9 Å². The number of carbonyl (C=O) groups is 3. The maximum atomic E-state index is 13.7. The van der Waals surface area contributed by atoms with Gasteiger partial charge in [-0.15, -0.1) is 0 Å². The van der Waals surface area contributed by atoms with Gasteiger partial charge in [0.25, 0.3) is 5.91 Å². The van der Waals surface area contributed by atoms with Gasteiger partial charge >= 0.3 is 5.97 Å². The van der Waals surface area contributed by atoms with Gasteiger partial charge in [0.15, 0.2) is 6.61 Å². The first-order valence-corrected chi connectivity index (χ1v) is 14.4. The van der Waals surface area contributed by atoms with Gasteiger partial charge in [0.1, 0.15) is 5.75 Å². The molecule has 2 amide bonds. The highest BCUT2D eigenvalue weighted by molar-refractivity contribution is 5.95. The van der Waals surface area contributed by atoms with Gasteiger partial charge in [-0.2, -0.15) is 0 Å². The summed E-state index contributed by atoms with van der Waals surface area (Å²) < 4.78 is 10.5. The number of anilines is 1. The van der Waals surface area contributed by atoms with Crippen molar-refractivity contribution in [1.29, 1.82) is 0 Å². The molecule has 4 fully saturated rings. The topological polar surface area (TPSA) is 93.7 Å². The monoisotopic (exact) mass is 552 g/mol. The van der Waals surface area contributed by atoms with Crippen LogP contribution in [0.15, 0.2) is 78.9 Å². The first-order valence-electron chi connectivity index (χ1n) is 14.4. The standard InChI is InChI=1S/C34H36N2O5/c1-40-31(38)26-8-5-9-28(15-26)36-30(37)21-41-29-12-10-27(11-13-29)33-16-24-14-25(17-33)19-34(18-24,22-33)32(39)35-20-23-6-3-2-4-7-23/h2-13,15,24-25H,14,16-22H2,1H3,(H,35,39)(H,36,37). The van der Waals surface area contributed by atoms with E-state index in [4.69, 9.17) is 9.47 Å². The minimum Gasteiger partial charge on any atom is -0.484 e. The molecule has 3 aromatic rings. The molecule has 0 radical (unpaired) electrons. The Morgan fingerprint density at radius 1 is 0.878 bits per heavy atom. The predicted octanol–water partition coefficient (Wildman–Crippen LogP) is 5.65. The van der Waals surface area contributed by atoms with Gasteiger partial charge in [0.05, 0.1) is 18.1 Å². The zero-order valence-corrected chi connectivity index (χ0v) is 23.4. The lowest BCUT2D eigenvalue weighted by Crippen LogP contribution is -2.59. The number of ether oxygens (including phenoxy) is 2. The number of hydrogen-bond donors (Lipinski definition) is 2. The van der Waals surface area contributed by atoms with Crippen molar-refractivity contribution >= 4 is 23.5 Å². The van der Waals surface area contributed by atoms with Gasteiger partial charge < -0.3 is 20.1 Å². The molecular weight excluding hydrogens is 516 g/mol. The number of benzene rings is 3. The maximum Gasteiger partial charge on any atom is 0.337 e. The summed E-state index contributed by atoms with van der Waals surface area (Å²) in [6.45, 7) is 0.419. The van der Waals surface area contributed by atoms with Crippen molar-refractivity contribution in [2.45, 2.75) is 50.5 Å². The average Bonchev–Trinajstić information content (AvgIpc) is 2.98. The minimum absolute atomic E-state index is 0.00866. The quantitative estimate of drug-likeness (QED) is 0.335. The van der Waals surface area contributed by atoms with Gasteiger partial charge in [-0.3, -0.25) is 9.59 Å². The van der Waals surface area contributed by atoms with Crippen LogP contribution in [-0.2, 0) is 26.3 Å². The van der Waals surface area contributed by atoms with Crippen molar-refractivity contribution in [3.05, 3.63) is 95.6 Å². The van der Waals surface area contributed by atoms with E-state index in [0.717, 1.165) is 37.7 Å². The summed E-state index contributed by atoms with van der Waals surface area (Å²) in [6, 6.07) is 24.8. The van der Waals surface area contributed by atoms with E-state index in [1.54, 1.807) is 24.3 Å². The molecule has 212 valence electrons. The molecule has 41 heavy (non-hydrogen) atoms. The molecular formula is C34H36N2O5. The number of carbonyl (C=O) groups excluding carboxylic acids is 3. The fraction of sp³-hybridized carbons (Fsp3) is 0.382. The number of hydrogen-bond acceptors (Lipinski definition) is 5. The lowest BCUT2D eigenvalue weighted by molar-refractivity contribution is -0.149. The van der Waals surface area contributed by atoms with E-state index < -0.39 is 5.97 Å². The average molecular weight is 553 g/mol. The molecule has 0 aliphatic heterocycles. The summed E-state index contributed by atoms with van der Waals surface area (Å²) in [5, 5.41) is 6.03. The van der Waals surface area contributed by atoms with Crippen molar-refractivity contribution in [3.63, 3.8) is 0 Å². The molecule has 4 saturated carbocycles. The summed E-state index contributed by atoms with van der Waals surface area (Å²) in [4.78, 5) is 37.9. The fourth-order valence-corrected chi connectivity index (χ4v) is 7.92. The summed E-state index contributed by atoms with van der Waals surface area (Å²) in [6.07, 6.45) is 6.36. The Balaban J connectivity index is 1.09. The second-order valence-corrected chi connectivity index (χ2v) is 12.1. The van der Waals surface area contributed by atoms with Gasteiger partial charge in [-0.05, 0) is 97.2 Å². The van der Waals surface area contributed by atoms with Crippen LogP contribution in [0.5, 0.6) is 5.75 Å². The molecule has 0 spiro atoms. The summed E-state index contributed by atoms with van der Waals surface area (Å²) in [5.74, 6) is 1.21. The second-order valence-electron chi connectivity index (χ2n) is 12.1. The Morgan fingerprint density at radius 2 is 1.61 bits per heavy atom. The van der Waals surface area contributed by atoms with Crippen molar-refractivity contribution in [2.24, 2.45) is 17.3 Å². The summed E-state index contributed by atoms with van der Waals surface area (Å²) in [7, 11) is 1.32. The van der Waals surface area contributed by atoms with Crippen LogP contribution in [-0.4, -0.2) is 31.5 Å². The molecule has 4 aliphatic rings. The molecule has 0 heterocycles. The largest absolute Gasteiger partial charge is 0.484 e. The Morgan fingerprint density at radius 3 is 2.32 bits per heavy atom. The molecule has 3 aromatic carbocycles. The second kappa shape index (κ2) is 11.0. The normalized spacial score (nSPS) is 25.8. The predicted molar refractivity (Wildman–Crippen MR) is 155 cm³/mol.